The molecular formula is C15H15NO4. The molecule has 0 saturated heterocycles. The first kappa shape index (κ1) is 14.0. The Morgan fingerprint density at radius 3 is 2.55 bits per heavy atom. The van der Waals surface area contributed by atoms with Gasteiger partial charge in [0, 0.05) is 24.8 Å². The van der Waals surface area contributed by atoms with Crippen LogP contribution in [0.5, 0.6) is 0 Å². The molecule has 0 atom stereocenters. The van der Waals surface area contributed by atoms with Crippen LogP contribution in [0.25, 0.3) is 11.1 Å². The summed E-state index contributed by atoms with van der Waals surface area (Å²) in [7, 11) is 1.59. The number of ether oxygens (including phenoxy) is 1. The second kappa shape index (κ2) is 6.16. The summed E-state index contributed by atoms with van der Waals surface area (Å²) >= 11 is 0. The number of carboxylic acid groups (broad SMARTS) is 1. The van der Waals surface area contributed by atoms with Crippen molar-refractivity contribution in [3.63, 3.8) is 0 Å². The van der Waals surface area contributed by atoms with E-state index < -0.39 is 11.8 Å². The molecule has 0 radical (unpaired) electrons. The molecule has 0 amide bonds. The van der Waals surface area contributed by atoms with Gasteiger partial charge in [0.2, 0.25) is 0 Å². The molecule has 0 aliphatic rings. The monoisotopic (exact) mass is 273 g/mol. The van der Waals surface area contributed by atoms with Crippen LogP contribution in [0.15, 0.2) is 36.4 Å². The van der Waals surface area contributed by atoms with E-state index in [1.165, 1.54) is 0 Å². The van der Waals surface area contributed by atoms with Gasteiger partial charge in [-0.2, -0.15) is 0 Å². The van der Waals surface area contributed by atoms with E-state index in [0.29, 0.717) is 18.6 Å². The average molecular weight is 273 g/mol. The van der Waals surface area contributed by atoms with E-state index in [1.807, 2.05) is 30.3 Å². The van der Waals surface area contributed by atoms with Crippen molar-refractivity contribution in [3.8, 4) is 11.1 Å². The summed E-state index contributed by atoms with van der Waals surface area (Å²) in [4.78, 5) is 25.6. The fourth-order valence-electron chi connectivity index (χ4n) is 1.99. The van der Waals surface area contributed by atoms with E-state index >= 15 is 0 Å². The number of ketones is 1. The number of Topliss-reactive ketones (excluding diaryl/α,β-unsaturated/α-hetero) is 1. The molecule has 0 unspecified atom stereocenters. The normalized spacial score (nSPS) is 10.4. The zero-order valence-corrected chi connectivity index (χ0v) is 11.1. The Morgan fingerprint density at radius 1 is 1.25 bits per heavy atom. The first-order valence-corrected chi connectivity index (χ1v) is 6.17. The van der Waals surface area contributed by atoms with Gasteiger partial charge in [-0.15, -0.1) is 0 Å². The van der Waals surface area contributed by atoms with Gasteiger partial charge in [0.15, 0.2) is 0 Å². The molecule has 1 heterocycles. The molecule has 2 rings (SSSR count). The zero-order valence-electron chi connectivity index (χ0n) is 11.1. The quantitative estimate of drug-likeness (QED) is 0.624. The lowest BCUT2D eigenvalue weighted by Gasteiger charge is -2.00. The molecule has 0 fully saturated rings. The number of H-pyrrole nitrogens is 1. The maximum Gasteiger partial charge on any atom is 0.378 e. The van der Waals surface area contributed by atoms with Gasteiger partial charge in [-0.25, -0.2) is 4.79 Å². The highest BCUT2D eigenvalue weighted by Gasteiger charge is 2.22. The number of carbonyl (C=O) groups excluding carboxylic acids is 1. The van der Waals surface area contributed by atoms with E-state index in [0.717, 1.165) is 11.3 Å². The summed E-state index contributed by atoms with van der Waals surface area (Å²) in [5.41, 5.74) is 2.28. The van der Waals surface area contributed by atoms with Gasteiger partial charge >= 0.3 is 5.97 Å². The third-order valence-corrected chi connectivity index (χ3v) is 2.96. The number of aliphatic carboxylic acids is 1. The number of carboxylic acids is 1. The largest absolute Gasteiger partial charge is 0.475 e. The number of aromatic nitrogens is 1. The number of rotatable bonds is 6. The minimum atomic E-state index is -1.47. The number of benzene rings is 1. The highest BCUT2D eigenvalue weighted by molar-refractivity contribution is 6.40. The lowest BCUT2D eigenvalue weighted by Crippen LogP contribution is -2.14. The number of aromatic amines is 1. The summed E-state index contributed by atoms with van der Waals surface area (Å²) in [6.07, 6.45) is 0.587. The molecule has 104 valence electrons. The van der Waals surface area contributed by atoms with Gasteiger partial charge in [0.05, 0.1) is 6.61 Å². The van der Waals surface area contributed by atoms with Crippen LogP contribution >= 0.6 is 0 Å². The molecule has 0 spiro atoms. The fourth-order valence-corrected chi connectivity index (χ4v) is 1.99. The van der Waals surface area contributed by atoms with Gasteiger partial charge < -0.3 is 14.8 Å². The van der Waals surface area contributed by atoms with Crippen LogP contribution < -0.4 is 0 Å². The molecule has 0 aliphatic carbocycles. The molecule has 5 nitrogen and oxygen atoms in total. The van der Waals surface area contributed by atoms with E-state index in [-0.39, 0.29) is 5.69 Å². The lowest BCUT2D eigenvalue weighted by atomic mass is 10.0. The molecule has 0 saturated carbocycles. The average Bonchev–Trinajstić information content (AvgIpc) is 2.89. The van der Waals surface area contributed by atoms with Crippen LogP contribution in [0.1, 0.15) is 16.2 Å². The van der Waals surface area contributed by atoms with Crippen LogP contribution in [0.2, 0.25) is 0 Å². The number of hydrogen-bond acceptors (Lipinski definition) is 3. The van der Waals surface area contributed by atoms with Crippen molar-refractivity contribution in [1.82, 2.24) is 4.98 Å². The lowest BCUT2D eigenvalue weighted by molar-refractivity contribution is -0.131. The van der Waals surface area contributed by atoms with Crippen LogP contribution in [0.4, 0.5) is 0 Å². The molecule has 0 bridgehead atoms. The van der Waals surface area contributed by atoms with Crippen LogP contribution in [-0.4, -0.2) is 35.6 Å². The van der Waals surface area contributed by atoms with Crippen molar-refractivity contribution < 1.29 is 19.4 Å². The number of hydrogen-bond donors (Lipinski definition) is 2. The molecule has 1 aromatic heterocycles. The Hall–Kier alpha value is -2.40. The highest BCUT2D eigenvalue weighted by Crippen LogP contribution is 2.25. The SMILES string of the molecule is COCCc1cc(-c2ccccc2)c(C(=O)C(=O)O)[nH]1. The van der Waals surface area contributed by atoms with E-state index in [1.54, 1.807) is 13.2 Å². The molecule has 2 aromatic rings. The smallest absolute Gasteiger partial charge is 0.378 e. The minimum Gasteiger partial charge on any atom is -0.475 e. The summed E-state index contributed by atoms with van der Waals surface area (Å²) in [5, 5.41) is 8.90. The number of carbonyl (C=O) groups is 2. The molecular weight excluding hydrogens is 258 g/mol. The first-order chi connectivity index (χ1) is 9.63. The van der Waals surface area contributed by atoms with E-state index in [4.69, 9.17) is 9.84 Å². The Labute approximate surface area is 116 Å². The third kappa shape index (κ3) is 2.95. The molecule has 0 aliphatic heterocycles. The van der Waals surface area contributed by atoms with Crippen LogP contribution in [0.3, 0.4) is 0 Å². The van der Waals surface area contributed by atoms with Crippen molar-refractivity contribution >= 4 is 11.8 Å². The molecule has 5 heteroatoms. The molecule has 2 N–H and O–H groups in total. The Balaban J connectivity index is 2.45. The van der Waals surface area contributed by atoms with Gasteiger partial charge in [0.25, 0.3) is 5.78 Å². The van der Waals surface area contributed by atoms with Gasteiger partial charge in [-0.3, -0.25) is 4.79 Å². The van der Waals surface area contributed by atoms with E-state index in [2.05, 4.69) is 4.98 Å². The Bertz CT molecular complexity index is 616. The maximum absolute atomic E-state index is 11.8. The standard InChI is InChI=1S/C15H15NO4/c1-20-8-7-11-9-12(10-5-3-2-4-6-10)13(16-11)14(17)15(18)19/h2-6,9,16H,7-8H2,1H3,(H,18,19). The van der Waals surface area contributed by atoms with Crippen molar-refractivity contribution in [3.05, 3.63) is 47.8 Å². The molecule has 20 heavy (non-hydrogen) atoms. The predicted molar refractivity (Wildman–Crippen MR) is 73.8 cm³/mol. The predicted octanol–water partition coefficient (Wildman–Crippen LogP) is 2.14. The van der Waals surface area contributed by atoms with Crippen LogP contribution in [-0.2, 0) is 16.0 Å². The van der Waals surface area contributed by atoms with E-state index in [9.17, 15) is 9.59 Å². The summed E-state index contributed by atoms with van der Waals surface area (Å²) in [6.45, 7) is 0.495. The maximum atomic E-state index is 11.8. The van der Waals surface area contributed by atoms with Gasteiger partial charge in [0.1, 0.15) is 5.69 Å². The van der Waals surface area contributed by atoms with Crippen molar-refractivity contribution in [1.29, 1.82) is 0 Å². The first-order valence-electron chi connectivity index (χ1n) is 6.17. The topological polar surface area (TPSA) is 79.4 Å². The number of methoxy groups -OCH3 is 1. The van der Waals surface area contributed by atoms with Crippen LogP contribution in [0, 0.1) is 0 Å². The van der Waals surface area contributed by atoms with Gasteiger partial charge in [-0.1, -0.05) is 30.3 Å². The zero-order chi connectivity index (χ0) is 14.5. The van der Waals surface area contributed by atoms with Crippen molar-refractivity contribution in [2.24, 2.45) is 0 Å². The third-order valence-electron chi connectivity index (χ3n) is 2.96. The second-order valence-corrected chi connectivity index (χ2v) is 4.33. The Morgan fingerprint density at radius 2 is 1.95 bits per heavy atom. The highest BCUT2D eigenvalue weighted by atomic mass is 16.5. The number of nitrogens with one attached hydrogen (secondary N) is 1. The second-order valence-electron chi connectivity index (χ2n) is 4.33. The fraction of sp³-hybridized carbons (Fsp3) is 0.200. The van der Waals surface area contributed by atoms with Crippen molar-refractivity contribution in [2.45, 2.75) is 6.42 Å². The van der Waals surface area contributed by atoms with Gasteiger partial charge in [-0.05, 0) is 11.6 Å². The van der Waals surface area contributed by atoms with Crippen molar-refractivity contribution in [2.75, 3.05) is 13.7 Å². The molecule has 1 aromatic carbocycles. The Kier molecular flexibility index (Phi) is 4.32. The summed E-state index contributed by atoms with van der Waals surface area (Å²) < 4.78 is 4.99. The summed E-state index contributed by atoms with van der Waals surface area (Å²) in [5.74, 6) is -2.41. The minimum absolute atomic E-state index is 0.106. The summed E-state index contributed by atoms with van der Waals surface area (Å²) in [6, 6.07) is 11.0.